The van der Waals surface area contributed by atoms with Gasteiger partial charge >= 0.3 is 5.97 Å². The fourth-order valence-corrected chi connectivity index (χ4v) is 2.49. The van der Waals surface area contributed by atoms with E-state index in [0.29, 0.717) is 12.1 Å². The highest BCUT2D eigenvalue weighted by molar-refractivity contribution is 5.66. The lowest BCUT2D eigenvalue weighted by atomic mass is 10.0. The molecule has 1 aromatic carbocycles. The predicted molar refractivity (Wildman–Crippen MR) is 85.2 cm³/mol. The van der Waals surface area contributed by atoms with Crippen LogP contribution >= 0.6 is 0 Å². The van der Waals surface area contributed by atoms with Gasteiger partial charge in [0.1, 0.15) is 12.1 Å². The van der Waals surface area contributed by atoms with E-state index in [1.54, 1.807) is 23.1 Å². The average Bonchev–Trinajstić information content (AvgIpc) is 3.03. The van der Waals surface area contributed by atoms with Gasteiger partial charge in [0.2, 0.25) is 0 Å². The van der Waals surface area contributed by atoms with E-state index in [1.165, 1.54) is 0 Å². The molecule has 0 amide bonds. The molecule has 0 radical (unpaired) electrons. The van der Waals surface area contributed by atoms with Gasteiger partial charge in [0.05, 0.1) is 12.4 Å². The fraction of sp³-hybridized carbons (Fsp3) is 0.250. The van der Waals surface area contributed by atoms with Crippen LogP contribution in [0, 0.1) is 0 Å². The molecular formula is C16H17N5O2. The van der Waals surface area contributed by atoms with Crippen molar-refractivity contribution >= 4 is 17.4 Å². The van der Waals surface area contributed by atoms with Crippen LogP contribution in [0.2, 0.25) is 0 Å². The summed E-state index contributed by atoms with van der Waals surface area (Å²) >= 11 is 0. The third-order valence-corrected chi connectivity index (χ3v) is 3.60. The summed E-state index contributed by atoms with van der Waals surface area (Å²) in [7, 11) is 0. The zero-order valence-electron chi connectivity index (χ0n) is 12.5. The minimum Gasteiger partial charge on any atom is -0.481 e. The number of anilines is 1. The number of aliphatic carboxylic acids is 1. The number of nitrogens with zero attached hydrogens (tertiary/aromatic N) is 4. The Morgan fingerprint density at radius 3 is 2.87 bits per heavy atom. The van der Waals surface area contributed by atoms with Gasteiger partial charge in [-0.1, -0.05) is 30.3 Å². The van der Waals surface area contributed by atoms with Gasteiger partial charge in [-0.25, -0.2) is 0 Å². The topological polar surface area (TPSA) is 92.4 Å². The third-order valence-electron chi connectivity index (χ3n) is 3.60. The quantitative estimate of drug-likeness (QED) is 0.693. The highest BCUT2D eigenvalue weighted by Crippen LogP contribution is 2.15. The van der Waals surface area contributed by atoms with Crippen molar-refractivity contribution in [3.05, 3.63) is 54.6 Å². The number of carbonyl (C=O) groups is 1. The fourth-order valence-electron chi connectivity index (χ4n) is 2.49. The van der Waals surface area contributed by atoms with Crippen LogP contribution in [-0.4, -0.2) is 36.7 Å². The lowest BCUT2D eigenvalue weighted by Gasteiger charge is -2.19. The maximum absolute atomic E-state index is 10.9. The second kappa shape index (κ2) is 6.87. The Labute approximate surface area is 133 Å². The first-order valence-electron chi connectivity index (χ1n) is 7.38. The Morgan fingerprint density at radius 2 is 2.09 bits per heavy atom. The monoisotopic (exact) mass is 311 g/mol. The lowest BCUT2D eigenvalue weighted by molar-refractivity contribution is -0.137. The predicted octanol–water partition coefficient (Wildman–Crippen LogP) is 2.01. The summed E-state index contributed by atoms with van der Waals surface area (Å²) in [6.45, 7) is 0. The number of aromatic nitrogens is 4. The summed E-state index contributed by atoms with van der Waals surface area (Å²) in [5.74, 6) is -0.0516. The molecule has 0 fully saturated rings. The maximum atomic E-state index is 10.9. The molecule has 0 saturated heterocycles. The standard InChI is InChI=1S/C16H17N5O2/c22-16(23)7-6-13(8-12-4-2-1-3-5-12)19-14-9-17-10-15-20-18-11-21(14)15/h1-5,9-11,13,19H,6-8H2,(H,22,23). The SMILES string of the molecule is O=C(O)CCC(Cc1ccccc1)Nc1cncc2nncn12. The molecule has 2 N–H and O–H groups in total. The third kappa shape index (κ3) is 3.82. The Kier molecular flexibility index (Phi) is 4.46. The van der Waals surface area contributed by atoms with Gasteiger partial charge in [-0.3, -0.25) is 14.2 Å². The van der Waals surface area contributed by atoms with E-state index in [4.69, 9.17) is 5.11 Å². The molecule has 3 rings (SSSR count). The van der Waals surface area contributed by atoms with Crippen molar-refractivity contribution in [2.75, 3.05) is 5.32 Å². The van der Waals surface area contributed by atoms with Crippen molar-refractivity contribution < 1.29 is 9.90 Å². The smallest absolute Gasteiger partial charge is 0.303 e. The molecule has 0 spiro atoms. The molecule has 0 saturated carbocycles. The Hall–Kier alpha value is -2.96. The second-order valence-corrected chi connectivity index (χ2v) is 5.32. The maximum Gasteiger partial charge on any atom is 0.303 e. The number of carboxylic acid groups (broad SMARTS) is 1. The molecule has 23 heavy (non-hydrogen) atoms. The summed E-state index contributed by atoms with van der Waals surface area (Å²) in [6, 6.07) is 9.96. The molecule has 7 heteroatoms. The zero-order chi connectivity index (χ0) is 16.1. The molecular weight excluding hydrogens is 294 g/mol. The molecule has 0 aliphatic carbocycles. The molecule has 0 aliphatic rings. The Bertz CT molecular complexity index is 787. The van der Waals surface area contributed by atoms with Gasteiger partial charge in [-0.2, -0.15) is 0 Å². The van der Waals surface area contributed by atoms with E-state index in [-0.39, 0.29) is 12.5 Å². The number of hydrogen-bond donors (Lipinski definition) is 2. The van der Waals surface area contributed by atoms with Crippen LogP contribution in [0.1, 0.15) is 18.4 Å². The van der Waals surface area contributed by atoms with Crippen LogP contribution in [0.3, 0.4) is 0 Å². The van der Waals surface area contributed by atoms with Crippen LogP contribution < -0.4 is 5.32 Å². The summed E-state index contributed by atoms with van der Waals surface area (Å²) in [4.78, 5) is 15.1. The molecule has 2 heterocycles. The molecule has 1 atom stereocenters. The summed E-state index contributed by atoms with van der Waals surface area (Å²) in [5.41, 5.74) is 1.80. The number of nitrogens with one attached hydrogen (secondary N) is 1. The van der Waals surface area contributed by atoms with Crippen molar-refractivity contribution in [3.8, 4) is 0 Å². The number of fused-ring (bicyclic) bond motifs is 1. The summed E-state index contributed by atoms with van der Waals surface area (Å²) in [5, 5.41) is 20.2. The van der Waals surface area contributed by atoms with Crippen molar-refractivity contribution in [2.45, 2.75) is 25.3 Å². The van der Waals surface area contributed by atoms with Gasteiger partial charge in [0, 0.05) is 12.5 Å². The van der Waals surface area contributed by atoms with Crippen molar-refractivity contribution in [1.29, 1.82) is 0 Å². The highest BCUT2D eigenvalue weighted by atomic mass is 16.4. The van der Waals surface area contributed by atoms with Gasteiger partial charge < -0.3 is 10.4 Å². The normalized spacial score (nSPS) is 12.2. The summed E-state index contributed by atoms with van der Waals surface area (Å²) < 4.78 is 1.80. The average molecular weight is 311 g/mol. The minimum atomic E-state index is -0.800. The van der Waals surface area contributed by atoms with Gasteiger partial charge in [-0.05, 0) is 18.4 Å². The van der Waals surface area contributed by atoms with Crippen LogP contribution in [0.25, 0.3) is 5.65 Å². The molecule has 3 aromatic rings. The highest BCUT2D eigenvalue weighted by Gasteiger charge is 2.14. The molecule has 0 bridgehead atoms. The van der Waals surface area contributed by atoms with Crippen LogP contribution in [0.5, 0.6) is 0 Å². The number of hydrogen-bond acceptors (Lipinski definition) is 5. The largest absolute Gasteiger partial charge is 0.481 e. The lowest BCUT2D eigenvalue weighted by Crippen LogP contribution is -2.24. The Balaban J connectivity index is 1.80. The van der Waals surface area contributed by atoms with E-state index in [2.05, 4.69) is 20.5 Å². The summed E-state index contributed by atoms with van der Waals surface area (Å²) in [6.07, 6.45) is 6.28. The first-order valence-corrected chi connectivity index (χ1v) is 7.38. The minimum absolute atomic E-state index is 0.0247. The molecule has 1 unspecified atom stereocenters. The van der Waals surface area contributed by atoms with E-state index in [1.807, 2.05) is 30.3 Å². The molecule has 2 aromatic heterocycles. The molecule has 0 aliphatic heterocycles. The van der Waals surface area contributed by atoms with Crippen LogP contribution in [0.4, 0.5) is 5.82 Å². The van der Waals surface area contributed by atoms with Crippen LogP contribution in [-0.2, 0) is 11.2 Å². The first-order chi connectivity index (χ1) is 11.2. The van der Waals surface area contributed by atoms with Crippen molar-refractivity contribution in [2.24, 2.45) is 0 Å². The van der Waals surface area contributed by atoms with E-state index in [9.17, 15) is 4.79 Å². The number of benzene rings is 1. The van der Waals surface area contributed by atoms with Crippen molar-refractivity contribution in [1.82, 2.24) is 19.6 Å². The second-order valence-electron chi connectivity index (χ2n) is 5.32. The first kappa shape index (κ1) is 15.0. The molecule has 7 nitrogen and oxygen atoms in total. The van der Waals surface area contributed by atoms with E-state index >= 15 is 0 Å². The Morgan fingerprint density at radius 1 is 1.26 bits per heavy atom. The number of rotatable bonds is 7. The number of carboxylic acids is 1. The van der Waals surface area contributed by atoms with E-state index in [0.717, 1.165) is 17.8 Å². The van der Waals surface area contributed by atoms with Crippen LogP contribution in [0.15, 0.2) is 49.1 Å². The van der Waals surface area contributed by atoms with E-state index < -0.39 is 5.97 Å². The molecule has 118 valence electrons. The van der Waals surface area contributed by atoms with Crippen molar-refractivity contribution in [3.63, 3.8) is 0 Å². The zero-order valence-corrected chi connectivity index (χ0v) is 12.5. The van der Waals surface area contributed by atoms with Gasteiger partial charge in [0.15, 0.2) is 5.65 Å². The van der Waals surface area contributed by atoms with Gasteiger partial charge in [0.25, 0.3) is 0 Å². The van der Waals surface area contributed by atoms with Gasteiger partial charge in [-0.15, -0.1) is 10.2 Å².